The Morgan fingerprint density at radius 3 is 2.62 bits per heavy atom. The van der Waals surface area contributed by atoms with E-state index in [1.807, 2.05) is 50.2 Å². The van der Waals surface area contributed by atoms with Gasteiger partial charge in [-0.15, -0.1) is 11.3 Å². The Morgan fingerprint density at radius 2 is 1.92 bits per heavy atom. The molecule has 0 aliphatic carbocycles. The van der Waals surface area contributed by atoms with E-state index in [4.69, 9.17) is 4.74 Å². The highest BCUT2D eigenvalue weighted by Crippen LogP contribution is 2.25. The van der Waals surface area contributed by atoms with Gasteiger partial charge < -0.3 is 15.4 Å². The Kier molecular flexibility index (Phi) is 5.53. The third kappa shape index (κ3) is 4.40. The van der Waals surface area contributed by atoms with Gasteiger partial charge in [0.25, 0.3) is 5.91 Å². The van der Waals surface area contributed by atoms with Crippen molar-refractivity contribution in [2.75, 3.05) is 17.2 Å². The minimum absolute atomic E-state index is 0.237. The van der Waals surface area contributed by atoms with Gasteiger partial charge in [-0.1, -0.05) is 17.7 Å². The van der Waals surface area contributed by atoms with Crippen LogP contribution in [0.3, 0.4) is 0 Å². The van der Waals surface area contributed by atoms with Crippen molar-refractivity contribution in [3.63, 3.8) is 0 Å². The number of aryl methyl sites for hydroxylation is 2. The molecule has 0 aliphatic heterocycles. The maximum atomic E-state index is 12.4. The number of nitrogens with one attached hydrogen (secondary N) is 2. The van der Waals surface area contributed by atoms with Crippen molar-refractivity contribution in [1.29, 1.82) is 0 Å². The van der Waals surface area contributed by atoms with Crippen molar-refractivity contribution < 1.29 is 9.53 Å². The maximum absolute atomic E-state index is 12.4. The second-order valence-electron chi connectivity index (χ2n) is 5.89. The third-order valence-corrected chi connectivity index (χ3v) is 4.54. The molecule has 0 spiro atoms. The van der Waals surface area contributed by atoms with E-state index in [1.54, 1.807) is 5.38 Å². The van der Waals surface area contributed by atoms with Crippen LogP contribution in [0.5, 0.6) is 5.75 Å². The predicted molar refractivity (Wildman–Crippen MR) is 107 cm³/mol. The van der Waals surface area contributed by atoms with Crippen LogP contribution in [0.15, 0.2) is 47.8 Å². The Morgan fingerprint density at radius 1 is 1.15 bits per heavy atom. The van der Waals surface area contributed by atoms with E-state index in [2.05, 4.69) is 28.6 Å². The third-order valence-electron chi connectivity index (χ3n) is 3.78. The van der Waals surface area contributed by atoms with Gasteiger partial charge in [0.1, 0.15) is 11.4 Å². The average molecular weight is 367 g/mol. The quantitative estimate of drug-likeness (QED) is 0.632. The highest BCUT2D eigenvalue weighted by atomic mass is 32.1. The van der Waals surface area contributed by atoms with Gasteiger partial charge in [-0.05, 0) is 56.7 Å². The lowest BCUT2D eigenvalue weighted by molar-refractivity contribution is 0.102. The molecule has 0 aliphatic rings. The smallest absolute Gasteiger partial charge is 0.275 e. The van der Waals surface area contributed by atoms with Crippen LogP contribution in [-0.4, -0.2) is 17.5 Å². The molecule has 0 radical (unpaired) electrons. The van der Waals surface area contributed by atoms with Crippen LogP contribution in [0.25, 0.3) is 0 Å². The lowest BCUT2D eigenvalue weighted by Crippen LogP contribution is -2.12. The van der Waals surface area contributed by atoms with E-state index in [-0.39, 0.29) is 5.91 Å². The number of carbonyl (C=O) groups excluding carboxylic acids is 1. The summed E-state index contributed by atoms with van der Waals surface area (Å²) in [5.74, 6) is 0.540. The monoisotopic (exact) mass is 367 g/mol. The first-order chi connectivity index (χ1) is 12.5. The SMILES string of the molecule is CCOc1ccc(NC(=O)c2csc(Nc3ccc(C)cc3C)n2)cc1. The molecule has 6 heteroatoms. The van der Waals surface area contributed by atoms with E-state index in [0.29, 0.717) is 23.1 Å². The van der Waals surface area contributed by atoms with Gasteiger partial charge in [0.2, 0.25) is 0 Å². The van der Waals surface area contributed by atoms with Gasteiger partial charge in [0, 0.05) is 16.8 Å². The first-order valence-corrected chi connectivity index (χ1v) is 9.27. The molecule has 134 valence electrons. The van der Waals surface area contributed by atoms with Crippen molar-refractivity contribution >= 4 is 33.8 Å². The summed E-state index contributed by atoms with van der Waals surface area (Å²) in [5.41, 5.74) is 4.43. The minimum atomic E-state index is -0.237. The topological polar surface area (TPSA) is 63.2 Å². The summed E-state index contributed by atoms with van der Waals surface area (Å²) in [6.45, 7) is 6.65. The molecule has 1 aromatic heterocycles. The van der Waals surface area contributed by atoms with E-state index in [1.165, 1.54) is 16.9 Å². The number of carbonyl (C=O) groups is 1. The molecular formula is C20H21N3O2S. The maximum Gasteiger partial charge on any atom is 0.275 e. The van der Waals surface area contributed by atoms with Crippen LogP contribution in [0.4, 0.5) is 16.5 Å². The molecule has 2 aromatic carbocycles. The second kappa shape index (κ2) is 8.01. The fourth-order valence-corrected chi connectivity index (χ4v) is 3.20. The Hall–Kier alpha value is -2.86. The minimum Gasteiger partial charge on any atom is -0.494 e. The number of ether oxygens (including phenoxy) is 1. The summed E-state index contributed by atoms with van der Waals surface area (Å²) < 4.78 is 5.40. The highest BCUT2D eigenvalue weighted by molar-refractivity contribution is 7.14. The van der Waals surface area contributed by atoms with Gasteiger partial charge in [0.15, 0.2) is 5.13 Å². The molecule has 1 heterocycles. The molecule has 3 rings (SSSR count). The van der Waals surface area contributed by atoms with Gasteiger partial charge in [-0.3, -0.25) is 4.79 Å². The van der Waals surface area contributed by atoms with Gasteiger partial charge >= 0.3 is 0 Å². The molecule has 5 nitrogen and oxygen atoms in total. The van der Waals surface area contributed by atoms with E-state index < -0.39 is 0 Å². The molecule has 0 atom stereocenters. The summed E-state index contributed by atoms with van der Waals surface area (Å²) in [6.07, 6.45) is 0. The first kappa shape index (κ1) is 17.9. The zero-order valence-electron chi connectivity index (χ0n) is 15.0. The Bertz CT molecular complexity index is 904. The number of thiazole rings is 1. The molecule has 0 bridgehead atoms. The van der Waals surface area contributed by atoms with Crippen LogP contribution in [-0.2, 0) is 0 Å². The van der Waals surface area contributed by atoms with Crippen molar-refractivity contribution in [2.24, 2.45) is 0 Å². The van der Waals surface area contributed by atoms with Crippen LogP contribution in [0.2, 0.25) is 0 Å². The number of amides is 1. The molecule has 0 unspecified atom stereocenters. The molecule has 0 saturated carbocycles. The lowest BCUT2D eigenvalue weighted by atomic mass is 10.1. The Labute approximate surface area is 157 Å². The van der Waals surface area contributed by atoms with Crippen molar-refractivity contribution in [3.05, 3.63) is 64.7 Å². The standard InChI is InChI=1S/C20H21N3O2S/c1-4-25-16-8-6-15(7-9-16)21-19(24)18-12-26-20(23-18)22-17-10-5-13(2)11-14(17)3/h5-12H,4H2,1-3H3,(H,21,24)(H,22,23). The number of benzene rings is 2. The molecule has 0 saturated heterocycles. The zero-order valence-corrected chi connectivity index (χ0v) is 15.8. The highest BCUT2D eigenvalue weighted by Gasteiger charge is 2.12. The summed E-state index contributed by atoms with van der Waals surface area (Å²) in [4.78, 5) is 16.8. The largest absolute Gasteiger partial charge is 0.494 e. The fourth-order valence-electron chi connectivity index (χ4n) is 2.50. The summed E-state index contributed by atoms with van der Waals surface area (Å²) in [5, 5.41) is 8.55. The fraction of sp³-hybridized carbons (Fsp3) is 0.200. The van der Waals surface area contributed by atoms with E-state index in [0.717, 1.165) is 17.0 Å². The van der Waals surface area contributed by atoms with Crippen LogP contribution in [0.1, 0.15) is 28.5 Å². The van der Waals surface area contributed by atoms with Gasteiger partial charge in [-0.2, -0.15) is 0 Å². The predicted octanol–water partition coefficient (Wildman–Crippen LogP) is 5.15. The Balaban J connectivity index is 1.65. The number of anilines is 3. The van der Waals surface area contributed by atoms with Gasteiger partial charge in [0.05, 0.1) is 6.61 Å². The molecule has 2 N–H and O–H groups in total. The zero-order chi connectivity index (χ0) is 18.5. The number of rotatable bonds is 6. The van der Waals surface area contributed by atoms with Crippen LogP contribution < -0.4 is 15.4 Å². The van der Waals surface area contributed by atoms with Gasteiger partial charge in [-0.25, -0.2) is 4.98 Å². The lowest BCUT2D eigenvalue weighted by Gasteiger charge is -2.07. The van der Waals surface area contributed by atoms with E-state index in [9.17, 15) is 4.79 Å². The van der Waals surface area contributed by atoms with Crippen LogP contribution in [0, 0.1) is 13.8 Å². The number of hydrogen-bond donors (Lipinski definition) is 2. The van der Waals surface area contributed by atoms with Crippen molar-refractivity contribution in [2.45, 2.75) is 20.8 Å². The molecular weight excluding hydrogens is 346 g/mol. The first-order valence-electron chi connectivity index (χ1n) is 8.39. The summed E-state index contributed by atoms with van der Waals surface area (Å²) >= 11 is 1.40. The molecule has 0 fully saturated rings. The number of nitrogens with zero attached hydrogens (tertiary/aromatic N) is 1. The number of hydrogen-bond acceptors (Lipinski definition) is 5. The summed E-state index contributed by atoms with van der Waals surface area (Å²) in [6, 6.07) is 13.4. The normalized spacial score (nSPS) is 10.4. The second-order valence-corrected chi connectivity index (χ2v) is 6.75. The molecule has 1 amide bonds. The average Bonchev–Trinajstić information content (AvgIpc) is 3.08. The summed E-state index contributed by atoms with van der Waals surface area (Å²) in [7, 11) is 0. The van der Waals surface area contributed by atoms with Crippen molar-refractivity contribution in [3.8, 4) is 5.75 Å². The van der Waals surface area contributed by atoms with E-state index >= 15 is 0 Å². The molecule has 3 aromatic rings. The van der Waals surface area contributed by atoms with Crippen molar-refractivity contribution in [1.82, 2.24) is 4.98 Å². The molecule has 26 heavy (non-hydrogen) atoms. The van der Waals surface area contributed by atoms with Crippen LogP contribution >= 0.6 is 11.3 Å². The number of aromatic nitrogens is 1.